The van der Waals surface area contributed by atoms with Crippen LogP contribution in [-0.2, 0) is 0 Å². The van der Waals surface area contributed by atoms with Crippen molar-refractivity contribution in [1.82, 2.24) is 10.2 Å². The van der Waals surface area contributed by atoms with Gasteiger partial charge in [0.2, 0.25) is 0 Å². The number of nitrogens with zero attached hydrogens (tertiary/aromatic N) is 2. The average Bonchev–Trinajstić information content (AvgIpc) is 2.27. The standard InChI is InChI=1S/C14H17N3/c1-10(11-5-4-6-11)16-14-9-15-17-13-8-3-2-7-12(13)14/h2-3,7-11H,4-6H2,1H3,(H,16,17). The zero-order valence-corrected chi connectivity index (χ0v) is 10.1. The Bertz CT molecular complexity index is 514. The molecule has 1 aromatic heterocycles. The van der Waals surface area contributed by atoms with Crippen molar-refractivity contribution < 1.29 is 0 Å². The Kier molecular flexibility index (Phi) is 2.67. The summed E-state index contributed by atoms with van der Waals surface area (Å²) >= 11 is 0. The van der Waals surface area contributed by atoms with Crippen molar-refractivity contribution in [3.63, 3.8) is 0 Å². The monoisotopic (exact) mass is 227 g/mol. The number of hydrogen-bond acceptors (Lipinski definition) is 3. The van der Waals surface area contributed by atoms with E-state index in [0.717, 1.165) is 22.5 Å². The largest absolute Gasteiger partial charge is 0.380 e. The number of benzene rings is 1. The van der Waals surface area contributed by atoms with Crippen molar-refractivity contribution in [2.24, 2.45) is 5.92 Å². The topological polar surface area (TPSA) is 37.8 Å². The average molecular weight is 227 g/mol. The Hall–Kier alpha value is -1.64. The van der Waals surface area contributed by atoms with Gasteiger partial charge < -0.3 is 5.32 Å². The lowest BCUT2D eigenvalue weighted by Gasteiger charge is -2.32. The Morgan fingerprint density at radius 3 is 2.88 bits per heavy atom. The highest BCUT2D eigenvalue weighted by Gasteiger charge is 2.24. The van der Waals surface area contributed by atoms with Gasteiger partial charge >= 0.3 is 0 Å². The molecule has 1 N–H and O–H groups in total. The van der Waals surface area contributed by atoms with Crippen LogP contribution in [0.15, 0.2) is 30.5 Å². The van der Waals surface area contributed by atoms with E-state index in [2.05, 4.69) is 28.5 Å². The Morgan fingerprint density at radius 1 is 1.29 bits per heavy atom. The molecule has 0 radical (unpaired) electrons. The van der Waals surface area contributed by atoms with Crippen LogP contribution in [0, 0.1) is 5.92 Å². The highest BCUT2D eigenvalue weighted by Crippen LogP contribution is 2.32. The van der Waals surface area contributed by atoms with E-state index in [4.69, 9.17) is 0 Å². The number of fused-ring (bicyclic) bond motifs is 1. The highest BCUT2D eigenvalue weighted by atomic mass is 15.1. The van der Waals surface area contributed by atoms with Crippen molar-refractivity contribution in [1.29, 1.82) is 0 Å². The minimum absolute atomic E-state index is 0.524. The van der Waals surface area contributed by atoms with Crippen LogP contribution in [0.2, 0.25) is 0 Å². The lowest BCUT2D eigenvalue weighted by atomic mass is 9.80. The number of anilines is 1. The molecule has 0 spiro atoms. The molecule has 0 aliphatic heterocycles. The first kappa shape index (κ1) is 10.5. The van der Waals surface area contributed by atoms with Gasteiger partial charge in [-0.2, -0.15) is 10.2 Å². The summed E-state index contributed by atoms with van der Waals surface area (Å²) in [6, 6.07) is 8.66. The van der Waals surface area contributed by atoms with Crippen LogP contribution in [0.5, 0.6) is 0 Å². The van der Waals surface area contributed by atoms with Crippen LogP contribution in [0.1, 0.15) is 26.2 Å². The molecule has 88 valence electrons. The highest BCUT2D eigenvalue weighted by molar-refractivity contribution is 5.90. The van der Waals surface area contributed by atoms with Gasteiger partial charge in [0.05, 0.1) is 17.4 Å². The van der Waals surface area contributed by atoms with Crippen molar-refractivity contribution in [3.8, 4) is 0 Å². The smallest absolute Gasteiger partial charge is 0.0950 e. The molecule has 17 heavy (non-hydrogen) atoms. The summed E-state index contributed by atoms with van der Waals surface area (Å²) in [5.74, 6) is 0.821. The first-order chi connectivity index (χ1) is 8.34. The summed E-state index contributed by atoms with van der Waals surface area (Å²) in [6.07, 6.45) is 5.92. The quantitative estimate of drug-likeness (QED) is 0.874. The molecule has 1 aliphatic rings. The molecule has 3 nitrogen and oxygen atoms in total. The molecule has 3 heteroatoms. The summed E-state index contributed by atoms with van der Waals surface area (Å²) in [5, 5.41) is 12.9. The van der Waals surface area contributed by atoms with Gasteiger partial charge in [0.1, 0.15) is 0 Å². The van der Waals surface area contributed by atoms with E-state index in [-0.39, 0.29) is 0 Å². The maximum atomic E-state index is 4.14. The number of aromatic nitrogens is 2. The maximum Gasteiger partial charge on any atom is 0.0950 e. The van der Waals surface area contributed by atoms with Gasteiger partial charge in [0.15, 0.2) is 0 Å². The van der Waals surface area contributed by atoms with Gasteiger partial charge in [-0.15, -0.1) is 0 Å². The van der Waals surface area contributed by atoms with E-state index in [0.29, 0.717) is 6.04 Å². The molecular weight excluding hydrogens is 210 g/mol. The van der Waals surface area contributed by atoms with E-state index >= 15 is 0 Å². The molecule has 2 aromatic rings. The first-order valence-electron chi connectivity index (χ1n) is 6.31. The van der Waals surface area contributed by atoms with Crippen LogP contribution in [0.4, 0.5) is 5.69 Å². The summed E-state index contributed by atoms with van der Waals surface area (Å²) in [5.41, 5.74) is 2.06. The molecule has 0 amide bonds. The predicted octanol–water partition coefficient (Wildman–Crippen LogP) is 3.23. The second-order valence-electron chi connectivity index (χ2n) is 4.90. The summed E-state index contributed by atoms with van der Waals surface area (Å²) in [6.45, 7) is 2.26. The Morgan fingerprint density at radius 2 is 2.12 bits per heavy atom. The van der Waals surface area contributed by atoms with E-state index in [9.17, 15) is 0 Å². The zero-order chi connectivity index (χ0) is 11.7. The van der Waals surface area contributed by atoms with Crippen molar-refractivity contribution in [3.05, 3.63) is 30.5 Å². The molecule has 3 rings (SSSR count). The molecular formula is C14H17N3. The fourth-order valence-electron chi connectivity index (χ4n) is 2.42. The van der Waals surface area contributed by atoms with Gasteiger partial charge in [0.25, 0.3) is 0 Å². The van der Waals surface area contributed by atoms with Gasteiger partial charge in [0, 0.05) is 11.4 Å². The number of hydrogen-bond donors (Lipinski definition) is 1. The van der Waals surface area contributed by atoms with E-state index in [1.807, 2.05) is 24.4 Å². The molecule has 1 fully saturated rings. The minimum Gasteiger partial charge on any atom is -0.380 e. The third-order valence-electron chi connectivity index (χ3n) is 3.79. The summed E-state index contributed by atoms with van der Waals surface area (Å²) in [7, 11) is 0. The lowest BCUT2D eigenvalue weighted by molar-refractivity contribution is 0.285. The maximum absolute atomic E-state index is 4.14. The first-order valence-corrected chi connectivity index (χ1v) is 6.31. The number of nitrogens with one attached hydrogen (secondary N) is 1. The van der Waals surface area contributed by atoms with Crippen LogP contribution in [0.25, 0.3) is 10.9 Å². The predicted molar refractivity (Wildman–Crippen MR) is 70.0 cm³/mol. The van der Waals surface area contributed by atoms with Crippen LogP contribution in [-0.4, -0.2) is 16.2 Å². The van der Waals surface area contributed by atoms with Crippen LogP contribution < -0.4 is 5.32 Å². The molecule has 1 heterocycles. The van der Waals surface area contributed by atoms with E-state index < -0.39 is 0 Å². The van der Waals surface area contributed by atoms with Crippen molar-refractivity contribution in [2.75, 3.05) is 5.32 Å². The van der Waals surface area contributed by atoms with Gasteiger partial charge in [-0.3, -0.25) is 0 Å². The summed E-state index contributed by atoms with van der Waals surface area (Å²) < 4.78 is 0. The third kappa shape index (κ3) is 1.97. The SMILES string of the molecule is CC(Nc1cnnc2ccccc12)C1CCC1. The Balaban J connectivity index is 1.89. The van der Waals surface area contributed by atoms with Crippen molar-refractivity contribution >= 4 is 16.6 Å². The van der Waals surface area contributed by atoms with Gasteiger partial charge in [-0.05, 0) is 31.7 Å². The summed E-state index contributed by atoms with van der Waals surface area (Å²) in [4.78, 5) is 0. The molecule has 1 atom stereocenters. The van der Waals surface area contributed by atoms with Gasteiger partial charge in [-0.25, -0.2) is 0 Å². The fourth-order valence-corrected chi connectivity index (χ4v) is 2.42. The molecule has 1 saturated carbocycles. The fraction of sp³-hybridized carbons (Fsp3) is 0.429. The molecule has 0 saturated heterocycles. The Labute approximate surface area is 101 Å². The van der Waals surface area contributed by atoms with Crippen LogP contribution >= 0.6 is 0 Å². The molecule has 1 aromatic carbocycles. The minimum atomic E-state index is 0.524. The van der Waals surface area contributed by atoms with Crippen molar-refractivity contribution in [2.45, 2.75) is 32.2 Å². The third-order valence-corrected chi connectivity index (χ3v) is 3.79. The normalized spacial score (nSPS) is 17.7. The van der Waals surface area contributed by atoms with E-state index in [1.54, 1.807) is 0 Å². The van der Waals surface area contributed by atoms with Gasteiger partial charge in [-0.1, -0.05) is 24.6 Å². The van der Waals surface area contributed by atoms with E-state index in [1.165, 1.54) is 19.3 Å². The molecule has 1 unspecified atom stereocenters. The second-order valence-corrected chi connectivity index (χ2v) is 4.90. The lowest BCUT2D eigenvalue weighted by Crippen LogP contribution is -2.30. The zero-order valence-electron chi connectivity index (χ0n) is 10.1. The molecule has 0 bridgehead atoms. The van der Waals surface area contributed by atoms with Crippen LogP contribution in [0.3, 0.4) is 0 Å². The molecule has 1 aliphatic carbocycles. The number of rotatable bonds is 3. The second kappa shape index (κ2) is 4.32.